The van der Waals surface area contributed by atoms with Crippen molar-refractivity contribution in [1.29, 1.82) is 0 Å². The van der Waals surface area contributed by atoms with Crippen molar-refractivity contribution in [2.45, 2.75) is 22.9 Å². The summed E-state index contributed by atoms with van der Waals surface area (Å²) < 4.78 is 71.0. The summed E-state index contributed by atoms with van der Waals surface area (Å²) in [5, 5.41) is 0. The van der Waals surface area contributed by atoms with Gasteiger partial charge in [0.05, 0.1) is 9.79 Å². The van der Waals surface area contributed by atoms with Gasteiger partial charge in [0.2, 0.25) is 0 Å². The van der Waals surface area contributed by atoms with Crippen LogP contribution in [0.4, 0.5) is 11.4 Å². The van der Waals surface area contributed by atoms with Crippen molar-refractivity contribution in [2.24, 2.45) is 0 Å². The van der Waals surface area contributed by atoms with Crippen LogP contribution in [0, 0.1) is 0 Å². The van der Waals surface area contributed by atoms with Gasteiger partial charge in [0.1, 0.15) is 24.2 Å². The molecule has 0 unspecified atom stereocenters. The maximum absolute atomic E-state index is 11.9. The maximum Gasteiger partial charge on any atom is 1.00 e. The van der Waals surface area contributed by atoms with Crippen molar-refractivity contribution < 1.29 is 60.1 Å². The minimum Gasteiger partial charge on any atom is -0.744 e. The molecule has 1 N–H and O–H groups in total. The van der Waals surface area contributed by atoms with Gasteiger partial charge in [-0.05, 0) is 94.1 Å². The predicted molar refractivity (Wildman–Crippen MR) is 189 cm³/mol. The third-order valence-corrected chi connectivity index (χ3v) is 9.66. The van der Waals surface area contributed by atoms with E-state index in [1.165, 1.54) is 30.3 Å². The van der Waals surface area contributed by atoms with E-state index in [-0.39, 0.29) is 52.4 Å². The number of hydrogen-bond donors (Lipinski definition) is 1. The Bertz CT molecular complexity index is 2090. The molecular weight excluding hydrogens is 670 g/mol. The van der Waals surface area contributed by atoms with E-state index in [0.717, 1.165) is 39.4 Å². The Balaban J connectivity index is 0.00000541. The quantitative estimate of drug-likeness (QED) is 0.152. The first-order valence-corrected chi connectivity index (χ1v) is 17.9. The fourth-order valence-corrected chi connectivity index (χ4v) is 6.59. The predicted octanol–water partition coefficient (Wildman–Crippen LogP) is 2.76. The van der Waals surface area contributed by atoms with E-state index in [2.05, 4.69) is 48.6 Å². The number of benzene rings is 4. The molecule has 0 saturated carbocycles. The van der Waals surface area contributed by atoms with Crippen LogP contribution < -0.4 is 39.4 Å². The number of anilines is 2. The van der Waals surface area contributed by atoms with Crippen LogP contribution in [0.25, 0.3) is 5.57 Å². The molecule has 1 aliphatic rings. The van der Waals surface area contributed by atoms with E-state index in [1.54, 1.807) is 18.2 Å². The molecule has 0 aromatic heterocycles. The average molecular weight is 707 g/mol. The largest absolute Gasteiger partial charge is 1.00 e. The molecule has 0 spiro atoms. The van der Waals surface area contributed by atoms with Gasteiger partial charge in [0.15, 0.2) is 5.71 Å². The molecule has 0 bridgehead atoms. The molecule has 12 heteroatoms. The summed E-state index contributed by atoms with van der Waals surface area (Å²) in [7, 11) is -1.14. The molecular formula is C37H37N3NaO6S2+. The van der Waals surface area contributed by atoms with Gasteiger partial charge in [-0.15, -0.1) is 0 Å². The second-order valence-corrected chi connectivity index (χ2v) is 14.7. The van der Waals surface area contributed by atoms with Crippen LogP contribution >= 0.6 is 0 Å². The van der Waals surface area contributed by atoms with Crippen LogP contribution in [0.2, 0.25) is 0 Å². The van der Waals surface area contributed by atoms with Crippen LogP contribution in [-0.2, 0) is 33.3 Å². The van der Waals surface area contributed by atoms with Gasteiger partial charge >= 0.3 is 29.6 Å². The number of hydrogen-bond acceptors (Lipinski definition) is 7. The summed E-state index contributed by atoms with van der Waals surface area (Å²) in [5.74, 6) is 0. The van der Waals surface area contributed by atoms with Crippen LogP contribution in [0.3, 0.4) is 0 Å². The summed E-state index contributed by atoms with van der Waals surface area (Å²) in [6, 6.07) is 28.1. The summed E-state index contributed by atoms with van der Waals surface area (Å²) in [6.07, 6.45) is 8.31. The van der Waals surface area contributed by atoms with Crippen LogP contribution in [0.15, 0.2) is 137 Å². The Kier molecular flexibility index (Phi) is 12.3. The van der Waals surface area contributed by atoms with E-state index in [0.29, 0.717) is 11.1 Å². The molecule has 4 aromatic carbocycles. The van der Waals surface area contributed by atoms with Crippen molar-refractivity contribution >= 4 is 42.9 Å². The topological polar surface area (TPSA) is 121 Å². The van der Waals surface area contributed by atoms with E-state index in [1.807, 2.05) is 66.8 Å². The zero-order chi connectivity index (χ0) is 34.6. The van der Waals surface area contributed by atoms with Crippen LogP contribution in [0.5, 0.6) is 0 Å². The molecule has 0 saturated heterocycles. The Hall–Kier alpha value is -3.81. The molecule has 0 radical (unpaired) electrons. The monoisotopic (exact) mass is 706 g/mol. The fourth-order valence-electron chi connectivity index (χ4n) is 5.49. The molecule has 1 aliphatic carbocycles. The molecule has 0 fully saturated rings. The first-order valence-electron chi connectivity index (χ1n) is 15.1. The minimum absolute atomic E-state index is 0. The third kappa shape index (κ3) is 9.67. The van der Waals surface area contributed by atoms with Gasteiger partial charge in [0, 0.05) is 50.7 Å². The van der Waals surface area contributed by atoms with Gasteiger partial charge in [-0.3, -0.25) is 4.55 Å². The molecule has 0 heterocycles. The van der Waals surface area contributed by atoms with E-state index in [4.69, 9.17) is 0 Å². The molecule has 0 aliphatic heterocycles. The SMILES string of the molecule is CN(C)c1ccc(C(=C2C=CC(=[N+](C)C)C=C2)c2cccc(N(Cc3cccc(S(=O)(=O)[O-])c3)Cc3cccc(S(=O)(=O)O)c3)c2)cc1.[Na+]. The van der Waals surface area contributed by atoms with E-state index in [9.17, 15) is 25.9 Å². The summed E-state index contributed by atoms with van der Waals surface area (Å²) in [5.41, 5.74) is 8.03. The Morgan fingerprint density at radius 1 is 0.694 bits per heavy atom. The van der Waals surface area contributed by atoms with E-state index < -0.39 is 20.2 Å². The molecule has 0 atom stereocenters. The smallest absolute Gasteiger partial charge is 0.744 e. The van der Waals surface area contributed by atoms with Gasteiger partial charge in [-0.25, -0.2) is 13.0 Å². The fraction of sp³-hybridized carbons (Fsp3) is 0.162. The second kappa shape index (κ2) is 15.8. The standard InChI is InChI=1S/C37H37N3O6S2.Na/c1-38(2)32-18-14-29(15-19-32)37(30-16-20-33(21-17-30)39(3)4)31-10-7-11-34(24-31)40(25-27-8-5-12-35(22-27)47(41,42)43)26-28-9-6-13-36(23-28)48(44,45)46;/h5-24H,25-26H2,1-4H3,(H-,41,42,43,44,45,46);/q;+1. The van der Waals surface area contributed by atoms with E-state index >= 15 is 0 Å². The van der Waals surface area contributed by atoms with Crippen LogP contribution in [0.1, 0.15) is 22.3 Å². The summed E-state index contributed by atoms with van der Waals surface area (Å²) >= 11 is 0. The zero-order valence-corrected chi connectivity index (χ0v) is 31.7. The number of nitrogens with zero attached hydrogens (tertiary/aromatic N) is 3. The molecule has 0 amide bonds. The Labute approximate surface area is 311 Å². The number of allylic oxidation sites excluding steroid dienone is 5. The van der Waals surface area contributed by atoms with Crippen molar-refractivity contribution in [2.75, 3.05) is 38.0 Å². The summed E-state index contributed by atoms with van der Waals surface area (Å²) in [6.45, 7) is 0.416. The molecule has 5 rings (SSSR count). The normalized spacial score (nSPS) is 12.8. The van der Waals surface area contributed by atoms with Crippen molar-refractivity contribution in [3.63, 3.8) is 0 Å². The van der Waals surface area contributed by atoms with Gasteiger partial charge in [-0.2, -0.15) is 8.42 Å². The number of rotatable bonds is 10. The average Bonchev–Trinajstić information content (AvgIpc) is 3.05. The first-order chi connectivity index (χ1) is 22.7. The Morgan fingerprint density at radius 3 is 1.78 bits per heavy atom. The van der Waals surface area contributed by atoms with Gasteiger partial charge < -0.3 is 14.4 Å². The molecule has 248 valence electrons. The van der Waals surface area contributed by atoms with Crippen molar-refractivity contribution in [3.8, 4) is 0 Å². The molecule has 9 nitrogen and oxygen atoms in total. The van der Waals surface area contributed by atoms with Gasteiger partial charge in [-0.1, -0.05) is 48.5 Å². The van der Waals surface area contributed by atoms with Gasteiger partial charge in [0.25, 0.3) is 10.1 Å². The second-order valence-electron chi connectivity index (χ2n) is 11.9. The maximum atomic E-state index is 11.9. The first kappa shape index (κ1) is 38.0. The van der Waals surface area contributed by atoms with Crippen molar-refractivity contribution in [3.05, 3.63) is 149 Å². The summed E-state index contributed by atoms with van der Waals surface area (Å²) in [4.78, 5) is 3.44. The zero-order valence-electron chi connectivity index (χ0n) is 28.1. The van der Waals surface area contributed by atoms with Crippen LogP contribution in [-0.4, -0.2) is 64.4 Å². The Morgan fingerprint density at radius 2 is 1.24 bits per heavy atom. The van der Waals surface area contributed by atoms with Crippen molar-refractivity contribution in [1.82, 2.24) is 0 Å². The minimum atomic E-state index is -4.68. The molecule has 49 heavy (non-hydrogen) atoms. The molecule has 4 aromatic rings. The third-order valence-electron chi connectivity index (χ3n) is 7.98.